The third kappa shape index (κ3) is 5.07. The van der Waals surface area contributed by atoms with E-state index in [9.17, 15) is 9.59 Å². The Kier molecular flexibility index (Phi) is 5.57. The Hall–Kier alpha value is -2.08. The van der Waals surface area contributed by atoms with E-state index in [1.54, 1.807) is 6.92 Å². The molecule has 1 atom stereocenters. The fourth-order valence-electron chi connectivity index (χ4n) is 1.71. The lowest BCUT2D eigenvalue weighted by Crippen LogP contribution is -2.41. The minimum atomic E-state index is -0.741. The average molecular weight is 293 g/mol. The number of rotatable bonds is 6. The summed E-state index contributed by atoms with van der Waals surface area (Å²) in [6, 6.07) is 8.57. The second-order valence-electron chi connectivity index (χ2n) is 4.96. The summed E-state index contributed by atoms with van der Waals surface area (Å²) in [7, 11) is 0. The molecule has 0 aromatic heterocycles. The van der Waals surface area contributed by atoms with E-state index in [0.717, 1.165) is 5.56 Å². The fraction of sp³-hybridized carbons (Fsp3) is 0.467. The Labute approximate surface area is 123 Å². The monoisotopic (exact) mass is 293 g/mol. The molecule has 1 fully saturated rings. The molecule has 1 saturated heterocycles. The van der Waals surface area contributed by atoms with Crippen LogP contribution in [0.3, 0.4) is 0 Å². The maximum atomic E-state index is 11.7. The van der Waals surface area contributed by atoms with E-state index in [1.165, 1.54) is 0 Å². The Bertz CT molecular complexity index is 472. The van der Waals surface area contributed by atoms with Crippen molar-refractivity contribution >= 4 is 12.1 Å². The van der Waals surface area contributed by atoms with Crippen molar-refractivity contribution in [3.63, 3.8) is 0 Å². The number of carbonyl (C=O) groups excluding carboxylic acids is 2. The van der Waals surface area contributed by atoms with Crippen molar-refractivity contribution in [1.82, 2.24) is 5.32 Å². The minimum Gasteiger partial charge on any atom is -0.464 e. The zero-order valence-corrected chi connectivity index (χ0v) is 11.9. The van der Waals surface area contributed by atoms with Gasteiger partial charge in [0.1, 0.15) is 12.6 Å². The van der Waals surface area contributed by atoms with Crippen molar-refractivity contribution in [2.24, 2.45) is 5.92 Å². The van der Waals surface area contributed by atoms with Gasteiger partial charge in [-0.3, -0.25) is 0 Å². The molecule has 0 unspecified atom stereocenters. The third-order valence-corrected chi connectivity index (χ3v) is 3.07. The van der Waals surface area contributed by atoms with Crippen LogP contribution in [-0.2, 0) is 25.6 Å². The second-order valence-corrected chi connectivity index (χ2v) is 4.96. The molecule has 0 bridgehead atoms. The fourth-order valence-corrected chi connectivity index (χ4v) is 1.71. The van der Waals surface area contributed by atoms with Crippen LogP contribution in [0, 0.1) is 5.92 Å². The molecule has 1 heterocycles. The van der Waals surface area contributed by atoms with E-state index < -0.39 is 18.1 Å². The van der Waals surface area contributed by atoms with Crippen LogP contribution in [0.5, 0.6) is 0 Å². The van der Waals surface area contributed by atoms with Crippen LogP contribution in [0.1, 0.15) is 12.5 Å². The number of carbonyl (C=O) groups is 2. The first-order valence-corrected chi connectivity index (χ1v) is 6.86. The summed E-state index contributed by atoms with van der Waals surface area (Å²) in [5.41, 5.74) is 0.882. The maximum Gasteiger partial charge on any atom is 0.408 e. The number of hydrogen-bond donors (Lipinski definition) is 1. The van der Waals surface area contributed by atoms with Gasteiger partial charge >= 0.3 is 12.1 Å². The van der Waals surface area contributed by atoms with Gasteiger partial charge in [0.2, 0.25) is 0 Å². The average Bonchev–Trinajstić information content (AvgIpc) is 2.44. The van der Waals surface area contributed by atoms with Gasteiger partial charge in [0.05, 0.1) is 19.8 Å². The Morgan fingerprint density at radius 2 is 2.00 bits per heavy atom. The largest absolute Gasteiger partial charge is 0.464 e. The van der Waals surface area contributed by atoms with Crippen LogP contribution in [0.15, 0.2) is 30.3 Å². The molecule has 0 saturated carbocycles. The summed E-state index contributed by atoms with van der Waals surface area (Å²) in [6.45, 7) is 3.28. The number of amides is 1. The molecule has 21 heavy (non-hydrogen) atoms. The van der Waals surface area contributed by atoms with Crippen molar-refractivity contribution in [3.8, 4) is 0 Å². The number of esters is 1. The van der Waals surface area contributed by atoms with Gasteiger partial charge in [-0.2, -0.15) is 0 Å². The summed E-state index contributed by atoms with van der Waals surface area (Å²) < 4.78 is 15.1. The Balaban J connectivity index is 1.64. The van der Waals surface area contributed by atoms with Crippen LogP contribution in [0.2, 0.25) is 0 Å². The van der Waals surface area contributed by atoms with Gasteiger partial charge in [-0.05, 0) is 12.5 Å². The van der Waals surface area contributed by atoms with Crippen molar-refractivity contribution < 1.29 is 23.8 Å². The normalized spacial score (nSPS) is 15.7. The van der Waals surface area contributed by atoms with Crippen LogP contribution < -0.4 is 5.32 Å². The summed E-state index contributed by atoms with van der Waals surface area (Å²) in [6.07, 6.45) is -0.643. The molecule has 1 aromatic carbocycles. The van der Waals surface area contributed by atoms with E-state index in [2.05, 4.69) is 5.32 Å². The molecular formula is C15H19NO5. The van der Waals surface area contributed by atoms with Gasteiger partial charge in [-0.15, -0.1) is 0 Å². The van der Waals surface area contributed by atoms with Gasteiger partial charge in [0.25, 0.3) is 0 Å². The van der Waals surface area contributed by atoms with Crippen LogP contribution >= 0.6 is 0 Å². The lowest BCUT2D eigenvalue weighted by atomic mass is 10.1. The number of ether oxygens (including phenoxy) is 3. The number of nitrogens with one attached hydrogen (secondary N) is 1. The summed E-state index contributed by atoms with van der Waals surface area (Å²) in [5, 5.41) is 2.44. The highest BCUT2D eigenvalue weighted by Gasteiger charge is 2.23. The zero-order valence-electron chi connectivity index (χ0n) is 11.9. The third-order valence-electron chi connectivity index (χ3n) is 3.07. The van der Waals surface area contributed by atoms with Crippen LogP contribution in [-0.4, -0.2) is 37.9 Å². The number of hydrogen-bond acceptors (Lipinski definition) is 5. The highest BCUT2D eigenvalue weighted by Crippen LogP contribution is 2.10. The molecule has 2 rings (SSSR count). The lowest BCUT2D eigenvalue weighted by molar-refractivity contribution is -0.152. The summed E-state index contributed by atoms with van der Waals surface area (Å²) in [4.78, 5) is 23.2. The minimum absolute atomic E-state index is 0.161. The van der Waals surface area contributed by atoms with Crippen molar-refractivity contribution in [2.75, 3.05) is 19.8 Å². The highest BCUT2D eigenvalue weighted by molar-refractivity contribution is 5.80. The summed E-state index contributed by atoms with van der Waals surface area (Å²) in [5.74, 6) is -0.204. The van der Waals surface area contributed by atoms with Crippen molar-refractivity contribution in [1.29, 1.82) is 0 Å². The van der Waals surface area contributed by atoms with Gasteiger partial charge in [0, 0.05) is 5.92 Å². The predicted octanol–water partition coefficient (Wildman–Crippen LogP) is 1.49. The molecule has 114 valence electrons. The van der Waals surface area contributed by atoms with Gasteiger partial charge in [0.15, 0.2) is 0 Å². The zero-order chi connectivity index (χ0) is 15.1. The molecular weight excluding hydrogens is 274 g/mol. The molecule has 6 heteroatoms. The SMILES string of the molecule is C[C@H](NC(=O)OCc1ccccc1)C(=O)OCC1COC1. The van der Waals surface area contributed by atoms with E-state index in [4.69, 9.17) is 14.2 Å². The number of benzene rings is 1. The highest BCUT2D eigenvalue weighted by atomic mass is 16.6. The lowest BCUT2D eigenvalue weighted by Gasteiger charge is -2.25. The number of alkyl carbamates (subject to hydrolysis) is 1. The van der Waals surface area contributed by atoms with E-state index in [0.29, 0.717) is 19.8 Å². The van der Waals surface area contributed by atoms with Crippen LogP contribution in [0.4, 0.5) is 4.79 Å². The van der Waals surface area contributed by atoms with Crippen molar-refractivity contribution in [3.05, 3.63) is 35.9 Å². The smallest absolute Gasteiger partial charge is 0.408 e. The predicted molar refractivity (Wildman–Crippen MR) is 74.5 cm³/mol. The molecule has 1 aliphatic rings. The van der Waals surface area contributed by atoms with E-state index in [-0.39, 0.29) is 12.5 Å². The Morgan fingerprint density at radius 1 is 1.29 bits per heavy atom. The standard InChI is InChI=1S/C15H19NO5/c1-11(14(17)20-10-13-7-19-8-13)16-15(18)21-9-12-5-3-2-4-6-12/h2-6,11,13H,7-10H2,1H3,(H,16,18)/t11-/m0/s1. The first-order valence-electron chi connectivity index (χ1n) is 6.86. The van der Waals surface area contributed by atoms with Gasteiger partial charge in [-0.1, -0.05) is 30.3 Å². The summed E-state index contributed by atoms with van der Waals surface area (Å²) >= 11 is 0. The van der Waals surface area contributed by atoms with E-state index >= 15 is 0 Å². The molecule has 1 N–H and O–H groups in total. The van der Waals surface area contributed by atoms with Gasteiger partial charge in [-0.25, -0.2) is 9.59 Å². The van der Waals surface area contributed by atoms with E-state index in [1.807, 2.05) is 30.3 Å². The first kappa shape index (κ1) is 15.3. The molecule has 0 aliphatic carbocycles. The quantitative estimate of drug-likeness (QED) is 0.804. The maximum absolute atomic E-state index is 11.7. The van der Waals surface area contributed by atoms with Crippen molar-refractivity contribution in [2.45, 2.75) is 19.6 Å². The Morgan fingerprint density at radius 3 is 2.62 bits per heavy atom. The molecule has 1 aliphatic heterocycles. The van der Waals surface area contributed by atoms with Gasteiger partial charge < -0.3 is 19.5 Å². The molecule has 1 amide bonds. The topological polar surface area (TPSA) is 73.9 Å². The van der Waals surface area contributed by atoms with Crippen LogP contribution in [0.25, 0.3) is 0 Å². The molecule has 6 nitrogen and oxygen atoms in total. The first-order chi connectivity index (χ1) is 10.1. The second kappa shape index (κ2) is 7.64. The molecule has 1 aromatic rings. The molecule has 0 spiro atoms. The molecule has 0 radical (unpaired) electrons.